The Morgan fingerprint density at radius 2 is 1.87 bits per heavy atom. The maximum atomic E-state index is 12.2. The number of carbonyl (C=O) groups excluding carboxylic acids is 1. The van der Waals surface area contributed by atoms with Gasteiger partial charge in [0.2, 0.25) is 5.91 Å². The van der Waals surface area contributed by atoms with Gasteiger partial charge in [0.05, 0.1) is 17.2 Å². The monoisotopic (exact) mass is 422 g/mol. The second-order valence-electron chi connectivity index (χ2n) is 6.66. The van der Waals surface area contributed by atoms with Crippen molar-refractivity contribution in [1.82, 2.24) is 9.78 Å². The van der Waals surface area contributed by atoms with Crippen molar-refractivity contribution < 1.29 is 14.5 Å². The van der Waals surface area contributed by atoms with Gasteiger partial charge < -0.3 is 10.1 Å². The molecule has 1 aromatic heterocycles. The summed E-state index contributed by atoms with van der Waals surface area (Å²) < 4.78 is 6.74. The average molecular weight is 422 g/mol. The molecule has 9 nitrogen and oxygen atoms in total. The summed E-state index contributed by atoms with van der Waals surface area (Å²) in [6.45, 7) is 2.73. The normalized spacial score (nSPS) is 10.5. The fraction of sp³-hybridized carbons (Fsp3) is 0.227. The molecule has 0 atom stereocenters. The topological polar surface area (TPSA) is 116 Å². The molecule has 0 aliphatic carbocycles. The van der Waals surface area contributed by atoms with Gasteiger partial charge >= 0.3 is 0 Å². The fourth-order valence-electron chi connectivity index (χ4n) is 2.99. The van der Waals surface area contributed by atoms with Crippen molar-refractivity contribution in [3.63, 3.8) is 0 Å². The van der Waals surface area contributed by atoms with E-state index < -0.39 is 4.92 Å². The van der Waals surface area contributed by atoms with E-state index in [2.05, 4.69) is 10.4 Å². The van der Waals surface area contributed by atoms with Crippen molar-refractivity contribution in [3.8, 4) is 17.0 Å². The molecule has 3 aromatic rings. The number of aromatic nitrogens is 2. The molecule has 0 unspecified atom stereocenters. The Bertz CT molecular complexity index is 1130. The number of nitrogens with zero attached hydrogens (tertiary/aromatic N) is 3. The summed E-state index contributed by atoms with van der Waals surface area (Å²) in [5.74, 6) is 0.384. The number of hydrogen-bond acceptors (Lipinski definition) is 6. The highest BCUT2D eigenvalue weighted by Gasteiger charge is 2.14. The van der Waals surface area contributed by atoms with Crippen LogP contribution in [0.4, 0.5) is 11.4 Å². The Hall–Kier alpha value is -4.01. The molecule has 0 bridgehead atoms. The van der Waals surface area contributed by atoms with Gasteiger partial charge in [-0.2, -0.15) is 5.10 Å². The number of carbonyl (C=O) groups is 1. The lowest BCUT2D eigenvalue weighted by atomic mass is 10.1. The molecule has 0 fully saturated rings. The number of nitro groups is 1. The first-order chi connectivity index (χ1) is 15.0. The summed E-state index contributed by atoms with van der Waals surface area (Å²) >= 11 is 0. The standard InChI is InChI=1S/C22H22N4O5/c1-2-31-17-11-9-16(10-12-17)18-13-14-22(28)25(24-18)15-5-8-21(27)23-19-6-3-4-7-20(19)26(29)30/h3-4,6-7,9-14H,2,5,8,15H2,1H3,(H,23,27). The predicted molar refractivity (Wildman–Crippen MR) is 116 cm³/mol. The van der Waals surface area contributed by atoms with Crippen molar-refractivity contribution in [2.24, 2.45) is 0 Å². The smallest absolute Gasteiger partial charge is 0.292 e. The van der Waals surface area contributed by atoms with Crippen molar-refractivity contribution in [2.45, 2.75) is 26.3 Å². The summed E-state index contributed by atoms with van der Waals surface area (Å²) in [5.41, 5.74) is 1.18. The molecular formula is C22H22N4O5. The van der Waals surface area contributed by atoms with Crippen LogP contribution >= 0.6 is 0 Å². The number of amides is 1. The Kier molecular flexibility index (Phi) is 7.10. The molecule has 1 amide bonds. The molecule has 160 valence electrons. The van der Waals surface area contributed by atoms with Crippen LogP contribution in [0.2, 0.25) is 0 Å². The molecule has 1 heterocycles. The van der Waals surface area contributed by atoms with Gasteiger partial charge in [0.1, 0.15) is 11.4 Å². The summed E-state index contributed by atoms with van der Waals surface area (Å²) in [5, 5.41) is 18.0. The molecule has 0 saturated heterocycles. The van der Waals surface area contributed by atoms with Gasteiger partial charge in [0.25, 0.3) is 11.2 Å². The number of anilines is 1. The van der Waals surface area contributed by atoms with Gasteiger partial charge in [-0.05, 0) is 49.7 Å². The van der Waals surface area contributed by atoms with E-state index in [1.165, 1.54) is 28.9 Å². The van der Waals surface area contributed by atoms with E-state index in [9.17, 15) is 19.7 Å². The van der Waals surface area contributed by atoms with Gasteiger partial charge in [0.15, 0.2) is 0 Å². The average Bonchev–Trinajstić information content (AvgIpc) is 2.76. The highest BCUT2D eigenvalue weighted by Crippen LogP contribution is 2.23. The van der Waals surface area contributed by atoms with Gasteiger partial charge in [-0.15, -0.1) is 0 Å². The van der Waals surface area contributed by atoms with E-state index in [0.29, 0.717) is 18.7 Å². The summed E-state index contributed by atoms with van der Waals surface area (Å²) in [6, 6.07) is 16.4. The summed E-state index contributed by atoms with van der Waals surface area (Å²) in [7, 11) is 0. The van der Waals surface area contributed by atoms with Crippen LogP contribution in [0.15, 0.2) is 65.5 Å². The molecule has 1 N–H and O–H groups in total. The maximum Gasteiger partial charge on any atom is 0.292 e. The van der Waals surface area contributed by atoms with Gasteiger partial charge in [0, 0.05) is 30.7 Å². The maximum absolute atomic E-state index is 12.2. The lowest BCUT2D eigenvalue weighted by Crippen LogP contribution is -2.23. The number of rotatable bonds is 9. The highest BCUT2D eigenvalue weighted by molar-refractivity contribution is 5.92. The van der Waals surface area contributed by atoms with Crippen molar-refractivity contribution >= 4 is 17.3 Å². The summed E-state index contributed by atoms with van der Waals surface area (Å²) in [6.07, 6.45) is 0.444. The number of benzene rings is 2. The Morgan fingerprint density at radius 1 is 1.13 bits per heavy atom. The molecule has 0 radical (unpaired) electrons. The van der Waals surface area contributed by atoms with Crippen LogP contribution in [-0.2, 0) is 11.3 Å². The van der Waals surface area contributed by atoms with Crippen molar-refractivity contribution in [3.05, 3.63) is 81.1 Å². The zero-order valence-corrected chi connectivity index (χ0v) is 17.0. The largest absolute Gasteiger partial charge is 0.494 e. The quantitative estimate of drug-likeness (QED) is 0.416. The molecular weight excluding hydrogens is 400 g/mol. The fourth-order valence-corrected chi connectivity index (χ4v) is 2.99. The van der Waals surface area contributed by atoms with Crippen molar-refractivity contribution in [2.75, 3.05) is 11.9 Å². The van der Waals surface area contributed by atoms with E-state index in [0.717, 1.165) is 11.3 Å². The zero-order chi connectivity index (χ0) is 22.2. The Balaban J connectivity index is 1.62. The number of ether oxygens (including phenoxy) is 1. The Morgan fingerprint density at radius 3 is 2.58 bits per heavy atom. The third-order valence-electron chi connectivity index (χ3n) is 4.48. The van der Waals surface area contributed by atoms with Crippen LogP contribution in [0.1, 0.15) is 19.8 Å². The lowest BCUT2D eigenvalue weighted by Gasteiger charge is -2.09. The minimum atomic E-state index is -0.550. The van der Waals surface area contributed by atoms with Crippen LogP contribution < -0.4 is 15.6 Å². The SMILES string of the molecule is CCOc1ccc(-c2ccc(=O)n(CCCC(=O)Nc3ccccc3[N+](=O)[O-])n2)cc1. The molecule has 3 rings (SSSR count). The molecule has 0 spiro atoms. The number of nitrogens with one attached hydrogen (secondary N) is 1. The van der Waals surface area contributed by atoms with E-state index in [1.807, 2.05) is 31.2 Å². The van der Waals surface area contributed by atoms with E-state index in [1.54, 1.807) is 12.1 Å². The molecule has 0 aliphatic rings. The Labute approximate surface area is 178 Å². The number of aryl methyl sites for hydroxylation is 1. The third kappa shape index (κ3) is 5.75. The first kappa shape index (κ1) is 21.7. The van der Waals surface area contributed by atoms with Crippen LogP contribution in [-0.4, -0.2) is 27.2 Å². The second-order valence-corrected chi connectivity index (χ2v) is 6.66. The molecule has 9 heteroatoms. The highest BCUT2D eigenvalue weighted by atomic mass is 16.6. The van der Waals surface area contributed by atoms with Crippen LogP contribution in [0.5, 0.6) is 5.75 Å². The molecule has 2 aromatic carbocycles. The van der Waals surface area contributed by atoms with E-state index in [-0.39, 0.29) is 35.8 Å². The molecule has 0 aliphatic heterocycles. The minimum absolute atomic E-state index is 0.0907. The van der Waals surface area contributed by atoms with E-state index in [4.69, 9.17) is 4.74 Å². The lowest BCUT2D eigenvalue weighted by molar-refractivity contribution is -0.383. The zero-order valence-electron chi connectivity index (χ0n) is 17.0. The molecule has 0 saturated carbocycles. The molecule has 31 heavy (non-hydrogen) atoms. The van der Waals surface area contributed by atoms with Crippen molar-refractivity contribution in [1.29, 1.82) is 0 Å². The predicted octanol–water partition coefficient (Wildman–Crippen LogP) is 3.64. The second kappa shape index (κ2) is 10.1. The minimum Gasteiger partial charge on any atom is -0.494 e. The first-order valence-electron chi connectivity index (χ1n) is 9.82. The van der Waals surface area contributed by atoms with Crippen LogP contribution in [0, 0.1) is 10.1 Å². The third-order valence-corrected chi connectivity index (χ3v) is 4.48. The van der Waals surface area contributed by atoms with Crippen LogP contribution in [0.3, 0.4) is 0 Å². The van der Waals surface area contributed by atoms with Gasteiger partial charge in [-0.25, -0.2) is 4.68 Å². The van der Waals surface area contributed by atoms with E-state index >= 15 is 0 Å². The van der Waals surface area contributed by atoms with Gasteiger partial charge in [-0.1, -0.05) is 12.1 Å². The first-order valence-corrected chi connectivity index (χ1v) is 9.82. The van der Waals surface area contributed by atoms with Gasteiger partial charge in [-0.3, -0.25) is 19.7 Å². The number of nitro benzene ring substituents is 1. The summed E-state index contributed by atoms with van der Waals surface area (Å²) in [4.78, 5) is 34.8. The van der Waals surface area contributed by atoms with Crippen LogP contribution in [0.25, 0.3) is 11.3 Å². The number of para-hydroxylation sites is 2. The number of hydrogen-bond donors (Lipinski definition) is 1.